The zero-order valence-electron chi connectivity index (χ0n) is 19.9. The first-order valence-electron chi connectivity index (χ1n) is 12.5. The number of imidazole rings is 1. The summed E-state index contributed by atoms with van der Waals surface area (Å²) in [5, 5.41) is 2.91. The second-order valence-electron chi connectivity index (χ2n) is 8.84. The lowest BCUT2D eigenvalue weighted by atomic mass is 10.1. The van der Waals surface area contributed by atoms with Gasteiger partial charge < -0.3 is 9.88 Å². The quantitative estimate of drug-likeness (QED) is 0.220. The number of amides is 1. The van der Waals surface area contributed by atoms with Gasteiger partial charge in [0.15, 0.2) is 0 Å². The molecule has 0 spiro atoms. The smallest absolute Gasteiger partial charge is 0.246 e. The minimum absolute atomic E-state index is 0.0391. The van der Waals surface area contributed by atoms with Crippen LogP contribution in [0.3, 0.4) is 0 Å². The van der Waals surface area contributed by atoms with Gasteiger partial charge in [-0.1, -0.05) is 83.4 Å². The lowest BCUT2D eigenvalue weighted by molar-refractivity contribution is -0.117. The highest BCUT2D eigenvalue weighted by Gasteiger charge is 2.10. The summed E-state index contributed by atoms with van der Waals surface area (Å²) in [5.74, 6) is 1.18. The highest BCUT2D eigenvalue weighted by atomic mass is 16.1. The molecule has 31 heavy (non-hydrogen) atoms. The van der Waals surface area contributed by atoms with Gasteiger partial charge in [0.25, 0.3) is 0 Å². The summed E-state index contributed by atoms with van der Waals surface area (Å²) in [7, 11) is 0. The van der Waals surface area contributed by atoms with Gasteiger partial charge >= 0.3 is 0 Å². The Balaban J connectivity index is 1.74. The molecule has 4 heteroatoms. The molecule has 1 N–H and O–H groups in total. The number of benzene rings is 1. The Morgan fingerprint density at radius 1 is 0.935 bits per heavy atom. The second kappa shape index (κ2) is 14.8. The third kappa shape index (κ3) is 9.28. The number of carbonyl (C=O) groups is 1. The summed E-state index contributed by atoms with van der Waals surface area (Å²) in [5.41, 5.74) is 2.96. The van der Waals surface area contributed by atoms with Gasteiger partial charge in [0.1, 0.15) is 5.82 Å². The molecule has 1 heterocycles. The van der Waals surface area contributed by atoms with Crippen molar-refractivity contribution < 1.29 is 4.79 Å². The zero-order valence-corrected chi connectivity index (χ0v) is 19.9. The van der Waals surface area contributed by atoms with Crippen LogP contribution in [-0.4, -0.2) is 22.0 Å². The van der Waals surface area contributed by atoms with Gasteiger partial charge in [-0.25, -0.2) is 4.98 Å². The number of fused-ring (bicyclic) bond motifs is 1. The number of carbonyl (C=O) groups excluding carboxylic acids is 1. The van der Waals surface area contributed by atoms with E-state index in [0.29, 0.717) is 5.57 Å². The van der Waals surface area contributed by atoms with E-state index in [-0.39, 0.29) is 5.91 Å². The van der Waals surface area contributed by atoms with Crippen molar-refractivity contribution >= 4 is 16.9 Å². The van der Waals surface area contributed by atoms with Gasteiger partial charge in [-0.15, -0.1) is 0 Å². The fourth-order valence-electron chi connectivity index (χ4n) is 4.08. The second-order valence-corrected chi connectivity index (χ2v) is 8.84. The molecule has 0 bridgehead atoms. The molecule has 1 aromatic heterocycles. The van der Waals surface area contributed by atoms with Gasteiger partial charge in [0.05, 0.1) is 11.0 Å². The summed E-state index contributed by atoms with van der Waals surface area (Å²) < 4.78 is 2.44. The number of aromatic nitrogens is 2. The van der Waals surface area contributed by atoms with E-state index in [4.69, 9.17) is 4.98 Å². The summed E-state index contributed by atoms with van der Waals surface area (Å²) in [6.07, 6.45) is 16.4. The van der Waals surface area contributed by atoms with Crippen LogP contribution >= 0.6 is 0 Å². The molecule has 0 aliphatic rings. The van der Waals surface area contributed by atoms with Crippen LogP contribution in [0.5, 0.6) is 0 Å². The minimum atomic E-state index is -0.0391. The molecule has 0 saturated heterocycles. The average molecular weight is 426 g/mol. The van der Waals surface area contributed by atoms with E-state index < -0.39 is 0 Å². The maximum atomic E-state index is 11.5. The molecule has 1 amide bonds. The molecule has 172 valence electrons. The van der Waals surface area contributed by atoms with Crippen LogP contribution < -0.4 is 5.32 Å². The lowest BCUT2D eigenvalue weighted by Crippen LogP contribution is -2.24. The average Bonchev–Trinajstić information content (AvgIpc) is 3.12. The van der Waals surface area contributed by atoms with Gasteiger partial charge in [-0.2, -0.15) is 0 Å². The number of hydrogen-bond acceptors (Lipinski definition) is 2. The van der Waals surface area contributed by atoms with E-state index in [2.05, 4.69) is 47.7 Å². The number of nitrogens with one attached hydrogen (secondary N) is 1. The van der Waals surface area contributed by atoms with Crippen molar-refractivity contribution in [2.24, 2.45) is 0 Å². The van der Waals surface area contributed by atoms with Crippen LogP contribution in [-0.2, 0) is 17.8 Å². The van der Waals surface area contributed by atoms with Gasteiger partial charge in [-0.3, -0.25) is 4.79 Å². The summed E-state index contributed by atoms with van der Waals surface area (Å²) in [6, 6.07) is 8.52. The molecular weight excluding hydrogens is 382 g/mol. The van der Waals surface area contributed by atoms with E-state index in [1.807, 2.05) is 0 Å². The van der Waals surface area contributed by atoms with Crippen LogP contribution in [0.1, 0.15) is 96.7 Å². The summed E-state index contributed by atoms with van der Waals surface area (Å²) >= 11 is 0. The van der Waals surface area contributed by atoms with Crippen molar-refractivity contribution in [3.63, 3.8) is 0 Å². The highest BCUT2D eigenvalue weighted by molar-refractivity contribution is 5.92. The molecule has 0 aliphatic heterocycles. The van der Waals surface area contributed by atoms with Gasteiger partial charge in [-0.05, 0) is 38.3 Å². The minimum Gasteiger partial charge on any atom is -0.352 e. The fraction of sp³-hybridized carbons (Fsp3) is 0.630. The third-order valence-corrected chi connectivity index (χ3v) is 5.97. The Morgan fingerprint density at radius 3 is 2.29 bits per heavy atom. The number of rotatable bonds is 17. The first kappa shape index (κ1) is 25.2. The Morgan fingerprint density at radius 2 is 1.58 bits per heavy atom. The first-order chi connectivity index (χ1) is 15.1. The van der Waals surface area contributed by atoms with Crippen LogP contribution in [0.25, 0.3) is 11.0 Å². The normalized spacial score (nSPS) is 11.2. The molecule has 2 rings (SSSR count). The molecule has 0 aliphatic carbocycles. The van der Waals surface area contributed by atoms with Crippen LogP contribution in [0.4, 0.5) is 0 Å². The molecule has 0 radical (unpaired) electrons. The monoisotopic (exact) mass is 425 g/mol. The Hall–Kier alpha value is -2.10. The molecule has 0 atom stereocenters. The number of para-hydroxylation sites is 2. The molecule has 1 aromatic carbocycles. The SMILES string of the molecule is C=C(C)C(=O)NCCCCCc1nc2ccccc2n1CCCCCCCCCCC. The molecule has 0 unspecified atom stereocenters. The fourth-order valence-corrected chi connectivity index (χ4v) is 4.08. The van der Waals surface area contributed by atoms with Crippen molar-refractivity contribution in [2.75, 3.05) is 6.54 Å². The predicted octanol–water partition coefficient (Wildman–Crippen LogP) is 6.97. The summed E-state index contributed by atoms with van der Waals surface area (Å²) in [4.78, 5) is 16.5. The number of unbranched alkanes of at least 4 members (excludes halogenated alkanes) is 10. The Labute approximate surface area is 189 Å². The highest BCUT2D eigenvalue weighted by Crippen LogP contribution is 2.19. The lowest BCUT2D eigenvalue weighted by Gasteiger charge is -2.10. The van der Waals surface area contributed by atoms with E-state index in [1.54, 1.807) is 6.92 Å². The topological polar surface area (TPSA) is 46.9 Å². The van der Waals surface area contributed by atoms with Crippen molar-refractivity contribution in [1.29, 1.82) is 0 Å². The number of hydrogen-bond donors (Lipinski definition) is 1. The third-order valence-electron chi connectivity index (χ3n) is 5.97. The van der Waals surface area contributed by atoms with E-state index in [1.165, 1.54) is 69.1 Å². The number of aryl methyl sites for hydroxylation is 2. The standard InChI is InChI=1S/C27H43N3O/c1-4-5-6-7-8-9-10-11-17-22-30-25-19-15-14-18-24(25)29-26(30)20-13-12-16-21-28-27(31)23(2)3/h14-15,18-19H,2,4-13,16-17,20-22H2,1,3H3,(H,28,31). The van der Waals surface area contributed by atoms with Crippen molar-refractivity contribution in [3.05, 3.63) is 42.2 Å². The predicted molar refractivity (Wildman–Crippen MR) is 132 cm³/mol. The molecule has 4 nitrogen and oxygen atoms in total. The maximum Gasteiger partial charge on any atom is 0.246 e. The molecule has 0 fully saturated rings. The largest absolute Gasteiger partial charge is 0.352 e. The van der Waals surface area contributed by atoms with Crippen molar-refractivity contribution in [3.8, 4) is 0 Å². The Kier molecular flexibility index (Phi) is 12.0. The van der Waals surface area contributed by atoms with Crippen LogP contribution in [0.15, 0.2) is 36.4 Å². The first-order valence-corrected chi connectivity index (χ1v) is 12.5. The molecular formula is C27H43N3O. The Bertz CT molecular complexity index is 793. The van der Waals surface area contributed by atoms with Crippen LogP contribution in [0, 0.1) is 0 Å². The van der Waals surface area contributed by atoms with Gasteiger partial charge in [0, 0.05) is 25.1 Å². The van der Waals surface area contributed by atoms with E-state index >= 15 is 0 Å². The van der Waals surface area contributed by atoms with Gasteiger partial charge in [0.2, 0.25) is 5.91 Å². The van der Waals surface area contributed by atoms with Crippen molar-refractivity contribution in [1.82, 2.24) is 14.9 Å². The molecule has 2 aromatic rings. The maximum absolute atomic E-state index is 11.5. The zero-order chi connectivity index (χ0) is 22.3. The van der Waals surface area contributed by atoms with E-state index in [9.17, 15) is 4.79 Å². The van der Waals surface area contributed by atoms with Crippen molar-refractivity contribution in [2.45, 2.75) is 104 Å². The molecule has 0 saturated carbocycles. The summed E-state index contributed by atoms with van der Waals surface area (Å²) in [6.45, 7) is 9.49. The van der Waals surface area contributed by atoms with E-state index in [0.717, 1.165) is 44.3 Å². The number of nitrogens with zero attached hydrogens (tertiary/aromatic N) is 2. The van der Waals surface area contributed by atoms with Crippen LogP contribution in [0.2, 0.25) is 0 Å².